The molecule has 0 radical (unpaired) electrons. The van der Waals surface area contributed by atoms with E-state index in [4.69, 9.17) is 4.74 Å². The second kappa shape index (κ2) is 8.93. The van der Waals surface area contributed by atoms with Crippen molar-refractivity contribution in [1.29, 1.82) is 0 Å². The maximum Gasteiger partial charge on any atom is 0.573 e. The second-order valence-corrected chi connectivity index (χ2v) is 7.35. The lowest BCUT2D eigenvalue weighted by molar-refractivity contribution is -0.274. The zero-order valence-corrected chi connectivity index (χ0v) is 17.7. The largest absolute Gasteiger partial charge is 0.573 e. The number of hydrogen-bond acceptors (Lipinski definition) is 5. The van der Waals surface area contributed by atoms with Crippen molar-refractivity contribution in [3.8, 4) is 11.5 Å². The van der Waals surface area contributed by atoms with Crippen molar-refractivity contribution in [2.75, 3.05) is 12.0 Å². The Bertz CT molecular complexity index is 1250. The van der Waals surface area contributed by atoms with E-state index in [-0.39, 0.29) is 11.3 Å². The average molecular weight is 469 g/mol. The van der Waals surface area contributed by atoms with E-state index in [1.807, 2.05) is 0 Å². The minimum atomic E-state index is -4.94. The van der Waals surface area contributed by atoms with E-state index >= 15 is 0 Å². The van der Waals surface area contributed by atoms with Crippen LogP contribution in [0, 0.1) is 0 Å². The first-order chi connectivity index (χ1) is 16.2. The summed E-state index contributed by atoms with van der Waals surface area (Å²) in [6, 6.07) is 18.3. The normalized spacial score (nSPS) is 17.6. The van der Waals surface area contributed by atoms with Crippen molar-refractivity contribution in [3.05, 3.63) is 95.6 Å². The molecule has 1 atom stereocenters. The smallest absolute Gasteiger partial charge is 0.507 e. The number of aliphatic hydroxyl groups excluding tert-OH is 1. The van der Waals surface area contributed by atoms with Crippen LogP contribution in [-0.2, 0) is 9.59 Å². The fourth-order valence-electron chi connectivity index (χ4n) is 3.78. The van der Waals surface area contributed by atoms with E-state index in [0.717, 1.165) is 17.0 Å². The van der Waals surface area contributed by atoms with Gasteiger partial charge >= 0.3 is 6.36 Å². The van der Waals surface area contributed by atoms with Crippen LogP contribution in [0.2, 0.25) is 0 Å². The van der Waals surface area contributed by atoms with Crippen LogP contribution in [0.4, 0.5) is 18.9 Å². The van der Waals surface area contributed by atoms with Gasteiger partial charge in [-0.3, -0.25) is 14.5 Å². The highest BCUT2D eigenvalue weighted by atomic mass is 19.4. The summed E-state index contributed by atoms with van der Waals surface area (Å²) in [7, 11) is 1.47. The van der Waals surface area contributed by atoms with E-state index in [1.54, 1.807) is 54.6 Å². The highest BCUT2D eigenvalue weighted by Crippen LogP contribution is 2.43. The van der Waals surface area contributed by atoms with Crippen molar-refractivity contribution in [2.24, 2.45) is 0 Å². The van der Waals surface area contributed by atoms with E-state index in [0.29, 0.717) is 16.9 Å². The molecule has 0 aliphatic carbocycles. The molecule has 1 N–H and O–H groups in total. The lowest BCUT2D eigenvalue weighted by Gasteiger charge is -2.26. The van der Waals surface area contributed by atoms with Crippen molar-refractivity contribution < 1.29 is 37.3 Å². The second-order valence-electron chi connectivity index (χ2n) is 7.35. The summed E-state index contributed by atoms with van der Waals surface area (Å²) in [5.74, 6) is -2.40. The predicted molar refractivity (Wildman–Crippen MR) is 117 cm³/mol. The number of anilines is 1. The number of benzene rings is 3. The predicted octanol–water partition coefficient (Wildman–Crippen LogP) is 5.22. The fourth-order valence-corrected chi connectivity index (χ4v) is 3.78. The number of carbonyl (C=O) groups is 2. The molecular weight excluding hydrogens is 451 g/mol. The van der Waals surface area contributed by atoms with Crippen LogP contribution < -0.4 is 14.4 Å². The van der Waals surface area contributed by atoms with Gasteiger partial charge in [-0.1, -0.05) is 48.5 Å². The molecule has 6 nitrogen and oxygen atoms in total. The van der Waals surface area contributed by atoms with Crippen LogP contribution in [0.15, 0.2) is 84.4 Å². The van der Waals surface area contributed by atoms with Gasteiger partial charge in [-0.2, -0.15) is 0 Å². The molecule has 1 heterocycles. The molecule has 1 saturated heterocycles. The number of ketones is 1. The van der Waals surface area contributed by atoms with Gasteiger partial charge in [0.25, 0.3) is 11.7 Å². The summed E-state index contributed by atoms with van der Waals surface area (Å²) in [5, 5.41) is 11.0. The number of amides is 1. The Kier molecular flexibility index (Phi) is 6.02. The van der Waals surface area contributed by atoms with Crippen molar-refractivity contribution >= 4 is 23.1 Å². The molecule has 1 amide bonds. The third-order valence-corrected chi connectivity index (χ3v) is 5.25. The van der Waals surface area contributed by atoms with Gasteiger partial charge in [0.1, 0.15) is 17.3 Å². The van der Waals surface area contributed by atoms with Crippen molar-refractivity contribution in [2.45, 2.75) is 12.4 Å². The number of Topliss-reactive ketones (excluding diaryl/α,β-unsaturated/α-hetero) is 1. The molecule has 9 heteroatoms. The van der Waals surface area contributed by atoms with E-state index in [9.17, 15) is 27.9 Å². The van der Waals surface area contributed by atoms with E-state index in [1.165, 1.54) is 19.2 Å². The number of halogens is 3. The topological polar surface area (TPSA) is 76.1 Å². The maximum absolute atomic E-state index is 13.1. The number of alkyl halides is 3. The van der Waals surface area contributed by atoms with E-state index in [2.05, 4.69) is 4.74 Å². The lowest BCUT2D eigenvalue weighted by atomic mass is 9.95. The van der Waals surface area contributed by atoms with Crippen LogP contribution in [0.5, 0.6) is 11.5 Å². The first-order valence-electron chi connectivity index (χ1n) is 10.1. The van der Waals surface area contributed by atoms with Gasteiger partial charge in [0.05, 0.1) is 18.7 Å². The van der Waals surface area contributed by atoms with Crippen LogP contribution in [0.25, 0.3) is 5.76 Å². The summed E-state index contributed by atoms with van der Waals surface area (Å²) < 4.78 is 47.4. The van der Waals surface area contributed by atoms with Crippen LogP contribution in [-0.4, -0.2) is 30.3 Å². The van der Waals surface area contributed by atoms with Crippen LogP contribution >= 0.6 is 0 Å². The Morgan fingerprint density at radius 2 is 1.59 bits per heavy atom. The SMILES string of the molecule is COc1ccc(C2/C(=C(\O)c3ccccc3)C(=O)C(=O)N2c2cccc(OC(F)(F)F)c2)cc1. The third-order valence-electron chi connectivity index (χ3n) is 5.25. The minimum absolute atomic E-state index is 0.00298. The zero-order chi connectivity index (χ0) is 24.5. The fraction of sp³-hybridized carbons (Fsp3) is 0.120. The molecule has 1 fully saturated rings. The molecule has 3 aromatic rings. The van der Waals surface area contributed by atoms with Crippen LogP contribution in [0.3, 0.4) is 0 Å². The minimum Gasteiger partial charge on any atom is -0.507 e. The first-order valence-corrected chi connectivity index (χ1v) is 10.1. The van der Waals surface area contributed by atoms with Gasteiger partial charge in [0.15, 0.2) is 0 Å². The summed E-state index contributed by atoms with van der Waals surface area (Å²) in [5.41, 5.74) is 0.563. The number of nitrogens with zero attached hydrogens (tertiary/aromatic N) is 1. The molecule has 0 aromatic heterocycles. The van der Waals surface area contributed by atoms with Gasteiger partial charge in [0, 0.05) is 17.3 Å². The first kappa shape index (κ1) is 22.9. The summed E-state index contributed by atoms with van der Waals surface area (Å²) in [6.45, 7) is 0. The van der Waals surface area contributed by atoms with Gasteiger partial charge < -0.3 is 14.6 Å². The number of methoxy groups -OCH3 is 1. The number of ether oxygens (including phenoxy) is 2. The molecular formula is C25H18F3NO5. The van der Waals surface area contributed by atoms with Crippen molar-refractivity contribution in [3.63, 3.8) is 0 Å². The molecule has 1 aliphatic heterocycles. The maximum atomic E-state index is 13.1. The molecule has 34 heavy (non-hydrogen) atoms. The van der Waals surface area contributed by atoms with Gasteiger partial charge in [0.2, 0.25) is 0 Å². The molecule has 1 unspecified atom stereocenters. The molecule has 0 spiro atoms. The lowest BCUT2D eigenvalue weighted by Crippen LogP contribution is -2.29. The number of aliphatic hydroxyl groups is 1. The number of hydrogen-bond donors (Lipinski definition) is 1. The van der Waals surface area contributed by atoms with Gasteiger partial charge in [-0.05, 0) is 29.8 Å². The summed E-state index contributed by atoms with van der Waals surface area (Å²) in [4.78, 5) is 27.2. The van der Waals surface area contributed by atoms with Crippen LogP contribution in [0.1, 0.15) is 17.2 Å². The molecule has 174 valence electrons. The Morgan fingerprint density at radius 1 is 0.912 bits per heavy atom. The Labute approximate surface area is 192 Å². The average Bonchev–Trinajstić information content (AvgIpc) is 3.08. The number of rotatable bonds is 5. The Balaban J connectivity index is 1.89. The van der Waals surface area contributed by atoms with Crippen molar-refractivity contribution in [1.82, 2.24) is 0 Å². The molecule has 1 aliphatic rings. The third kappa shape index (κ3) is 4.45. The standard InChI is InChI=1S/C25H18F3NO5/c1-33-18-12-10-15(11-13-18)21-20(22(30)16-6-3-2-4-7-16)23(31)24(32)29(21)17-8-5-9-19(14-17)34-25(26,27)28/h2-14,21,30H,1H3/b22-20+. The quantitative estimate of drug-likeness (QED) is 0.315. The van der Waals surface area contributed by atoms with Gasteiger partial charge in [-0.15, -0.1) is 13.2 Å². The molecule has 0 bridgehead atoms. The van der Waals surface area contributed by atoms with E-state index < -0.39 is 35.6 Å². The zero-order valence-electron chi connectivity index (χ0n) is 17.7. The Morgan fingerprint density at radius 3 is 2.21 bits per heavy atom. The Hall–Kier alpha value is -4.27. The number of carbonyl (C=O) groups excluding carboxylic acids is 2. The summed E-state index contributed by atoms with van der Waals surface area (Å²) >= 11 is 0. The van der Waals surface area contributed by atoms with Gasteiger partial charge in [-0.25, -0.2) is 0 Å². The highest BCUT2D eigenvalue weighted by Gasteiger charge is 2.47. The monoisotopic (exact) mass is 469 g/mol. The highest BCUT2D eigenvalue weighted by molar-refractivity contribution is 6.51. The molecule has 4 rings (SSSR count). The molecule has 3 aromatic carbocycles. The summed E-state index contributed by atoms with van der Waals surface area (Å²) in [6.07, 6.45) is -4.94. The molecule has 0 saturated carbocycles.